The predicted molar refractivity (Wildman–Crippen MR) is 139 cm³/mol. The Labute approximate surface area is 204 Å². The predicted octanol–water partition coefficient (Wildman–Crippen LogP) is 1.52. The van der Waals surface area contributed by atoms with Gasteiger partial charge in [0.1, 0.15) is 0 Å². The topological polar surface area (TPSA) is 217 Å². The number of rotatable bonds is 12. The van der Waals surface area contributed by atoms with E-state index in [0.717, 1.165) is 24.3 Å². The summed E-state index contributed by atoms with van der Waals surface area (Å²) in [4.78, 5) is 0. The molecule has 0 heterocycles. The average Bonchev–Trinajstić information content (AvgIpc) is 2.71. The van der Waals surface area contributed by atoms with E-state index in [9.17, 15) is 51.9 Å². The van der Waals surface area contributed by atoms with Gasteiger partial charge in [0.2, 0.25) is 0 Å². The molecule has 2 aromatic rings. The van der Waals surface area contributed by atoms with Crippen LogP contribution in [-0.2, 0) is 39.0 Å². The van der Waals surface area contributed by atoms with E-state index in [1.807, 2.05) is 0 Å². The average molecular weight is 613 g/mol. The van der Waals surface area contributed by atoms with Crippen molar-refractivity contribution in [2.75, 3.05) is 12.3 Å². The van der Waals surface area contributed by atoms with Gasteiger partial charge in [-0.1, -0.05) is 0 Å². The van der Waals surface area contributed by atoms with E-state index in [4.69, 9.17) is 0 Å². The molecule has 0 radical (unpaired) electrons. The number of hydrogen-bond acceptors (Lipinski definition) is 8. The van der Waals surface area contributed by atoms with E-state index < -0.39 is 62.6 Å². The molecule has 0 atom stereocenters. The van der Waals surface area contributed by atoms with Crippen LogP contribution in [0.25, 0.3) is 0 Å². The van der Waals surface area contributed by atoms with Crippen molar-refractivity contribution in [2.45, 2.75) is 19.3 Å². The van der Waals surface area contributed by atoms with Gasteiger partial charge >= 0.3 is 205 Å². The van der Waals surface area contributed by atoms with Gasteiger partial charge in [-0.2, -0.15) is 0 Å². The van der Waals surface area contributed by atoms with Crippen molar-refractivity contribution in [3.63, 3.8) is 0 Å². The van der Waals surface area contributed by atoms with Crippen LogP contribution in [-0.4, -0.2) is 64.2 Å². The Morgan fingerprint density at radius 2 is 0.714 bits per heavy atom. The zero-order chi connectivity index (χ0) is 26.8. The zero-order valence-corrected chi connectivity index (χ0v) is 23.3. The van der Waals surface area contributed by atoms with Crippen molar-refractivity contribution < 1.29 is 51.9 Å². The first-order chi connectivity index (χ1) is 15.9. The molecule has 0 spiro atoms. The molecule has 0 bridgehead atoms. The van der Waals surface area contributed by atoms with Gasteiger partial charge in [0.15, 0.2) is 0 Å². The maximum absolute atomic E-state index is 12.2. The maximum atomic E-state index is 12.2. The van der Waals surface area contributed by atoms with E-state index in [1.54, 1.807) is 0 Å². The molecule has 2 aromatic carbocycles. The summed E-state index contributed by atoms with van der Waals surface area (Å²) in [6, 6.07) is 12.8. The number of unbranched alkanes of at least 4 members (excludes halogenated alkanes) is 2. The van der Waals surface area contributed by atoms with Crippen LogP contribution < -0.4 is 10.6 Å². The molecule has 200 valence electrons. The SMILES string of the molecule is O=S(=O)(O)[PH](CCCCC[PH](c1ccccc1)(S(=O)(=O)O)S(=O)(=O)O)(c1ccccc1)S(=O)(=O)O. The van der Waals surface area contributed by atoms with Gasteiger partial charge in [-0.15, -0.1) is 0 Å². The first-order valence-electron chi connectivity index (χ1n) is 9.91. The van der Waals surface area contributed by atoms with Crippen LogP contribution in [0.15, 0.2) is 60.7 Å². The van der Waals surface area contributed by atoms with Gasteiger partial charge in [-0.3, -0.25) is 0 Å². The Bertz CT molecular complexity index is 1280. The summed E-state index contributed by atoms with van der Waals surface area (Å²) in [6.45, 7) is 0. The molecule has 0 saturated carbocycles. The van der Waals surface area contributed by atoms with Gasteiger partial charge in [0.05, 0.1) is 0 Å². The summed E-state index contributed by atoms with van der Waals surface area (Å²) in [5.41, 5.74) is -10.2. The molecule has 0 unspecified atom stereocenters. The van der Waals surface area contributed by atoms with Gasteiger partial charge in [0, 0.05) is 0 Å². The van der Waals surface area contributed by atoms with Gasteiger partial charge in [-0.25, -0.2) is 0 Å². The second-order valence-corrected chi connectivity index (χ2v) is 32.8. The fourth-order valence-corrected chi connectivity index (χ4v) is 26.5. The van der Waals surface area contributed by atoms with Gasteiger partial charge in [0.25, 0.3) is 0 Å². The van der Waals surface area contributed by atoms with Gasteiger partial charge in [-0.05, 0) is 0 Å². The molecule has 0 saturated heterocycles. The third kappa shape index (κ3) is 5.93. The third-order valence-electron chi connectivity index (χ3n) is 5.61. The summed E-state index contributed by atoms with van der Waals surface area (Å²) in [7, 11) is -21.2. The van der Waals surface area contributed by atoms with Crippen molar-refractivity contribution in [2.24, 2.45) is 0 Å². The molecule has 12 nitrogen and oxygen atoms in total. The van der Waals surface area contributed by atoms with Crippen molar-refractivity contribution in [1.29, 1.82) is 0 Å². The van der Waals surface area contributed by atoms with Crippen molar-refractivity contribution in [3.8, 4) is 0 Å². The molecule has 18 heteroatoms. The summed E-state index contributed by atoms with van der Waals surface area (Å²) >= 11 is 0. The molecular weight excluding hydrogens is 586 g/mol. The van der Waals surface area contributed by atoms with Crippen LogP contribution in [0.3, 0.4) is 0 Å². The Morgan fingerprint density at radius 3 is 0.943 bits per heavy atom. The standard InChI is InChI=1S/C17H26O12P2S4/c18-32(19,20)30(33(21,22)23,16-10-4-1-5-11-16)14-8-3-9-15-31(34(24,25)26,35(27,28)29)17-12-6-2-7-13-17/h1-2,4-7,10-13,30-31H,3,8-9,14-15H2,(H,18,19,20)(H,21,22,23)(H,24,25,26)(H,27,28,29). The quantitative estimate of drug-likeness (QED) is 0.152. The zero-order valence-electron chi connectivity index (χ0n) is 18.0. The molecule has 0 amide bonds. The Morgan fingerprint density at radius 1 is 0.457 bits per heavy atom. The first kappa shape index (κ1) is 30.2. The van der Waals surface area contributed by atoms with Gasteiger partial charge < -0.3 is 0 Å². The van der Waals surface area contributed by atoms with E-state index >= 15 is 0 Å². The summed E-state index contributed by atoms with van der Waals surface area (Å²) in [5.74, 6) is 0. The minimum absolute atomic E-state index is 0.154. The van der Waals surface area contributed by atoms with E-state index in [2.05, 4.69) is 0 Å². The summed E-state index contributed by atoms with van der Waals surface area (Å²) in [6.07, 6.45) is -2.15. The van der Waals surface area contributed by atoms with Crippen molar-refractivity contribution in [1.82, 2.24) is 0 Å². The molecule has 0 aliphatic rings. The molecule has 0 aromatic heterocycles. The fraction of sp³-hybridized carbons (Fsp3) is 0.294. The number of hydrogen-bond donors (Lipinski definition) is 4. The Balaban J connectivity index is 2.39. The van der Waals surface area contributed by atoms with Crippen LogP contribution in [0.5, 0.6) is 0 Å². The van der Waals surface area contributed by atoms with Crippen LogP contribution in [0.2, 0.25) is 0 Å². The molecule has 2 rings (SSSR count). The summed E-state index contributed by atoms with van der Waals surface area (Å²) in [5, 5.41) is -0.595. The van der Waals surface area contributed by atoms with Crippen LogP contribution in [0, 0.1) is 0 Å². The second-order valence-electron chi connectivity index (χ2n) is 7.70. The molecule has 0 aliphatic heterocycles. The first-order valence-corrected chi connectivity index (χ1v) is 23.0. The minimum atomic E-state index is -5.30. The monoisotopic (exact) mass is 612 g/mol. The van der Waals surface area contributed by atoms with Crippen LogP contribution in [0.4, 0.5) is 0 Å². The Hall–Kier alpha value is -1.06. The van der Waals surface area contributed by atoms with E-state index in [1.165, 1.54) is 36.4 Å². The van der Waals surface area contributed by atoms with Crippen molar-refractivity contribution in [3.05, 3.63) is 60.7 Å². The third-order valence-corrected chi connectivity index (χ3v) is 36.2. The molecule has 4 N–H and O–H groups in total. The summed E-state index contributed by atoms with van der Waals surface area (Å²) < 4.78 is 137. The Kier molecular flexibility index (Phi) is 9.26. The second kappa shape index (κ2) is 10.7. The van der Waals surface area contributed by atoms with Crippen molar-refractivity contribution >= 4 is 60.9 Å². The molecule has 0 aliphatic carbocycles. The van der Waals surface area contributed by atoms with Crippen LogP contribution in [0.1, 0.15) is 19.3 Å². The van der Waals surface area contributed by atoms with E-state index in [0.29, 0.717) is 0 Å². The molecule has 35 heavy (non-hydrogen) atoms. The number of benzene rings is 2. The molecular formula is C17H26O12P2S4. The normalized spacial score (nSPS) is 15.0. The fourth-order valence-electron chi connectivity index (χ4n) is 3.94. The van der Waals surface area contributed by atoms with Crippen LogP contribution >= 0.6 is 11.3 Å². The van der Waals surface area contributed by atoms with E-state index in [-0.39, 0.29) is 29.9 Å². The molecule has 0 fully saturated rings.